The number of amides is 1. The third kappa shape index (κ3) is 4.20. The average molecular weight is 213 g/mol. The van der Waals surface area contributed by atoms with E-state index < -0.39 is 0 Å². The molecule has 0 unspecified atom stereocenters. The SMILES string of the molecule is CCCC[C@@H]1CCC[C@@H]1NC(=O)COC. The summed E-state index contributed by atoms with van der Waals surface area (Å²) in [6, 6.07) is 0.402. The van der Waals surface area contributed by atoms with Gasteiger partial charge in [-0.1, -0.05) is 26.2 Å². The first-order chi connectivity index (χ1) is 7.27. The fraction of sp³-hybridized carbons (Fsp3) is 0.917. The summed E-state index contributed by atoms with van der Waals surface area (Å²) in [6.07, 6.45) is 7.46. The highest BCUT2D eigenvalue weighted by Gasteiger charge is 2.27. The van der Waals surface area contributed by atoms with Crippen molar-refractivity contribution in [2.75, 3.05) is 13.7 Å². The Morgan fingerprint density at radius 1 is 1.47 bits per heavy atom. The molecular formula is C12H23NO2. The van der Waals surface area contributed by atoms with Gasteiger partial charge in [-0.15, -0.1) is 0 Å². The summed E-state index contributed by atoms with van der Waals surface area (Å²) in [6.45, 7) is 2.41. The number of rotatable bonds is 6. The quantitative estimate of drug-likeness (QED) is 0.734. The van der Waals surface area contributed by atoms with Crippen LogP contribution in [0.2, 0.25) is 0 Å². The van der Waals surface area contributed by atoms with E-state index in [1.165, 1.54) is 32.1 Å². The Bertz CT molecular complexity index is 194. The first-order valence-corrected chi connectivity index (χ1v) is 6.06. The van der Waals surface area contributed by atoms with E-state index in [9.17, 15) is 4.79 Å². The third-order valence-corrected chi connectivity index (χ3v) is 3.21. The van der Waals surface area contributed by atoms with Gasteiger partial charge in [-0.3, -0.25) is 4.79 Å². The van der Waals surface area contributed by atoms with Gasteiger partial charge in [0.1, 0.15) is 6.61 Å². The third-order valence-electron chi connectivity index (χ3n) is 3.21. The van der Waals surface area contributed by atoms with Crippen molar-refractivity contribution in [2.45, 2.75) is 51.5 Å². The van der Waals surface area contributed by atoms with Crippen molar-refractivity contribution in [3.63, 3.8) is 0 Å². The lowest BCUT2D eigenvalue weighted by molar-refractivity contribution is -0.125. The van der Waals surface area contributed by atoms with Crippen molar-refractivity contribution in [3.8, 4) is 0 Å². The van der Waals surface area contributed by atoms with Crippen molar-refractivity contribution in [1.82, 2.24) is 5.32 Å². The Hall–Kier alpha value is -0.570. The second kappa shape index (κ2) is 6.83. The molecule has 0 radical (unpaired) electrons. The summed E-state index contributed by atoms with van der Waals surface area (Å²) in [5, 5.41) is 3.07. The monoisotopic (exact) mass is 213 g/mol. The second-order valence-corrected chi connectivity index (χ2v) is 4.44. The summed E-state index contributed by atoms with van der Waals surface area (Å²) in [5.74, 6) is 0.733. The summed E-state index contributed by atoms with van der Waals surface area (Å²) < 4.78 is 4.82. The Morgan fingerprint density at radius 2 is 2.27 bits per heavy atom. The Balaban J connectivity index is 2.29. The number of hydrogen-bond acceptors (Lipinski definition) is 2. The van der Waals surface area contributed by atoms with Crippen molar-refractivity contribution < 1.29 is 9.53 Å². The van der Waals surface area contributed by atoms with E-state index in [4.69, 9.17) is 4.74 Å². The summed E-state index contributed by atoms with van der Waals surface area (Å²) in [7, 11) is 1.56. The molecule has 1 saturated carbocycles. The van der Waals surface area contributed by atoms with Crippen molar-refractivity contribution in [3.05, 3.63) is 0 Å². The maximum Gasteiger partial charge on any atom is 0.246 e. The Morgan fingerprint density at radius 3 is 2.93 bits per heavy atom. The maximum absolute atomic E-state index is 11.4. The number of carbonyl (C=O) groups excluding carboxylic acids is 1. The molecule has 0 aromatic rings. The van der Waals surface area contributed by atoms with Gasteiger partial charge in [-0.2, -0.15) is 0 Å². The molecule has 1 rings (SSSR count). The van der Waals surface area contributed by atoms with Crippen LogP contribution in [0.4, 0.5) is 0 Å². The largest absolute Gasteiger partial charge is 0.375 e. The van der Waals surface area contributed by atoms with Crippen LogP contribution >= 0.6 is 0 Å². The van der Waals surface area contributed by atoms with E-state index in [1.54, 1.807) is 7.11 Å². The van der Waals surface area contributed by atoms with Gasteiger partial charge < -0.3 is 10.1 Å². The van der Waals surface area contributed by atoms with Gasteiger partial charge in [0, 0.05) is 13.2 Å². The fourth-order valence-corrected chi connectivity index (χ4v) is 2.42. The van der Waals surface area contributed by atoms with E-state index >= 15 is 0 Å². The molecule has 1 aliphatic rings. The van der Waals surface area contributed by atoms with Crippen LogP contribution in [-0.2, 0) is 9.53 Å². The van der Waals surface area contributed by atoms with Crippen LogP contribution in [0.1, 0.15) is 45.4 Å². The van der Waals surface area contributed by atoms with Gasteiger partial charge in [0.15, 0.2) is 0 Å². The highest BCUT2D eigenvalue weighted by Crippen LogP contribution is 2.29. The zero-order valence-corrected chi connectivity index (χ0v) is 9.92. The second-order valence-electron chi connectivity index (χ2n) is 4.44. The van der Waals surface area contributed by atoms with Crippen LogP contribution in [0, 0.1) is 5.92 Å². The molecule has 3 nitrogen and oxygen atoms in total. The molecule has 1 amide bonds. The molecule has 15 heavy (non-hydrogen) atoms. The molecule has 1 fully saturated rings. The van der Waals surface area contributed by atoms with Gasteiger partial charge in [0.05, 0.1) is 0 Å². The molecule has 3 heteroatoms. The molecule has 2 atom stereocenters. The van der Waals surface area contributed by atoms with Gasteiger partial charge in [-0.25, -0.2) is 0 Å². The first kappa shape index (κ1) is 12.5. The van der Waals surface area contributed by atoms with E-state index in [1.807, 2.05) is 0 Å². The molecule has 0 aliphatic heterocycles. The highest BCUT2D eigenvalue weighted by atomic mass is 16.5. The highest BCUT2D eigenvalue weighted by molar-refractivity contribution is 5.77. The number of ether oxygens (including phenoxy) is 1. The lowest BCUT2D eigenvalue weighted by atomic mass is 9.97. The van der Waals surface area contributed by atoms with Gasteiger partial charge in [0.25, 0.3) is 0 Å². The van der Waals surface area contributed by atoms with E-state index in [-0.39, 0.29) is 12.5 Å². The topological polar surface area (TPSA) is 38.3 Å². The number of unbranched alkanes of at least 4 members (excludes halogenated alkanes) is 1. The van der Waals surface area contributed by atoms with Crippen LogP contribution in [0.15, 0.2) is 0 Å². The zero-order valence-electron chi connectivity index (χ0n) is 9.92. The van der Waals surface area contributed by atoms with Crippen molar-refractivity contribution in [2.24, 2.45) is 5.92 Å². The van der Waals surface area contributed by atoms with E-state index in [0.29, 0.717) is 12.0 Å². The normalized spacial score (nSPS) is 25.5. The Kier molecular flexibility index (Phi) is 5.69. The van der Waals surface area contributed by atoms with Crippen molar-refractivity contribution >= 4 is 5.91 Å². The van der Waals surface area contributed by atoms with Crippen LogP contribution in [0.25, 0.3) is 0 Å². The molecule has 1 aliphatic carbocycles. The minimum atomic E-state index is 0.0332. The lowest BCUT2D eigenvalue weighted by Gasteiger charge is -2.20. The first-order valence-electron chi connectivity index (χ1n) is 6.06. The summed E-state index contributed by atoms with van der Waals surface area (Å²) >= 11 is 0. The molecule has 0 heterocycles. The van der Waals surface area contributed by atoms with Gasteiger partial charge >= 0.3 is 0 Å². The molecular weight excluding hydrogens is 190 g/mol. The predicted molar refractivity (Wildman–Crippen MR) is 60.7 cm³/mol. The van der Waals surface area contributed by atoms with Gasteiger partial charge in [-0.05, 0) is 25.2 Å². The molecule has 1 N–H and O–H groups in total. The average Bonchev–Trinajstić information content (AvgIpc) is 2.63. The minimum absolute atomic E-state index is 0.0332. The van der Waals surface area contributed by atoms with Crippen molar-refractivity contribution in [1.29, 1.82) is 0 Å². The Labute approximate surface area is 92.6 Å². The molecule has 88 valence electrons. The number of carbonyl (C=O) groups is 1. The van der Waals surface area contributed by atoms with Crippen LogP contribution < -0.4 is 5.32 Å². The number of methoxy groups -OCH3 is 1. The minimum Gasteiger partial charge on any atom is -0.375 e. The van der Waals surface area contributed by atoms with Crippen LogP contribution in [0.5, 0.6) is 0 Å². The lowest BCUT2D eigenvalue weighted by Crippen LogP contribution is -2.39. The fourth-order valence-electron chi connectivity index (χ4n) is 2.42. The zero-order chi connectivity index (χ0) is 11.1. The molecule has 0 bridgehead atoms. The van der Waals surface area contributed by atoms with Crippen LogP contribution in [-0.4, -0.2) is 25.7 Å². The molecule has 0 saturated heterocycles. The van der Waals surface area contributed by atoms with Crippen LogP contribution in [0.3, 0.4) is 0 Å². The van der Waals surface area contributed by atoms with E-state index in [0.717, 1.165) is 6.42 Å². The standard InChI is InChI=1S/C12H23NO2/c1-3-4-6-10-7-5-8-11(10)13-12(14)9-15-2/h10-11H,3-9H2,1-2H3,(H,13,14)/t10-,11+/m1/s1. The smallest absolute Gasteiger partial charge is 0.246 e. The maximum atomic E-state index is 11.4. The van der Waals surface area contributed by atoms with E-state index in [2.05, 4.69) is 12.2 Å². The van der Waals surface area contributed by atoms with Gasteiger partial charge in [0.2, 0.25) is 5.91 Å². The molecule has 0 aromatic carbocycles. The molecule has 0 aromatic heterocycles. The summed E-state index contributed by atoms with van der Waals surface area (Å²) in [5.41, 5.74) is 0. The summed E-state index contributed by atoms with van der Waals surface area (Å²) in [4.78, 5) is 11.4. The predicted octanol–water partition coefficient (Wildman–Crippen LogP) is 2.11. The molecule has 0 spiro atoms. The number of hydrogen-bond donors (Lipinski definition) is 1. The number of nitrogens with one attached hydrogen (secondary N) is 1.